The van der Waals surface area contributed by atoms with Crippen LogP contribution in [-0.2, 0) is 6.54 Å². The summed E-state index contributed by atoms with van der Waals surface area (Å²) < 4.78 is 0. The predicted octanol–water partition coefficient (Wildman–Crippen LogP) is 3.54. The van der Waals surface area contributed by atoms with Crippen molar-refractivity contribution in [2.45, 2.75) is 33.2 Å². The van der Waals surface area contributed by atoms with E-state index >= 15 is 0 Å². The van der Waals surface area contributed by atoms with Crippen molar-refractivity contribution in [1.82, 2.24) is 5.32 Å². The number of rotatable bonds is 4. The van der Waals surface area contributed by atoms with E-state index < -0.39 is 0 Å². The van der Waals surface area contributed by atoms with E-state index in [1.54, 1.807) is 0 Å². The van der Waals surface area contributed by atoms with Crippen LogP contribution in [-0.4, -0.2) is 6.54 Å². The molecule has 0 aromatic heterocycles. The van der Waals surface area contributed by atoms with E-state index in [9.17, 15) is 0 Å². The summed E-state index contributed by atoms with van der Waals surface area (Å²) in [5.41, 5.74) is 2.99. The third-order valence-corrected chi connectivity index (χ3v) is 3.53. The maximum atomic E-state index is 6.16. The molecule has 0 heterocycles. The molecule has 1 aliphatic rings. The molecule has 1 aromatic carbocycles. The van der Waals surface area contributed by atoms with E-state index in [1.165, 1.54) is 24.0 Å². The minimum Gasteiger partial charge on any atom is -0.312 e. The zero-order valence-electron chi connectivity index (χ0n) is 9.44. The van der Waals surface area contributed by atoms with Gasteiger partial charge in [0, 0.05) is 18.1 Å². The molecule has 0 atom stereocenters. The molecule has 2 heteroatoms. The van der Waals surface area contributed by atoms with Gasteiger partial charge in [-0.2, -0.15) is 0 Å². The summed E-state index contributed by atoms with van der Waals surface area (Å²) in [7, 11) is 0. The first-order chi connectivity index (χ1) is 7.09. The molecule has 82 valence electrons. The van der Waals surface area contributed by atoms with Crippen LogP contribution in [0.5, 0.6) is 0 Å². The molecular formula is C13H18ClN. The molecule has 2 rings (SSSR count). The summed E-state index contributed by atoms with van der Waals surface area (Å²) in [5, 5.41) is 4.36. The van der Waals surface area contributed by atoms with E-state index in [4.69, 9.17) is 11.6 Å². The van der Waals surface area contributed by atoms with Gasteiger partial charge in [-0.25, -0.2) is 0 Å². The van der Waals surface area contributed by atoms with Crippen LogP contribution in [0, 0.1) is 12.3 Å². The van der Waals surface area contributed by atoms with E-state index in [2.05, 4.69) is 31.3 Å². The molecule has 15 heavy (non-hydrogen) atoms. The van der Waals surface area contributed by atoms with E-state index in [0.29, 0.717) is 5.41 Å². The minimum atomic E-state index is 0.567. The zero-order valence-corrected chi connectivity index (χ0v) is 10.2. The Bertz CT molecular complexity index is 356. The number of hydrogen-bond acceptors (Lipinski definition) is 1. The first-order valence-corrected chi connectivity index (χ1v) is 5.93. The third-order valence-electron chi connectivity index (χ3n) is 3.18. The second kappa shape index (κ2) is 4.15. The van der Waals surface area contributed by atoms with E-state index in [-0.39, 0.29) is 0 Å². The maximum Gasteiger partial charge on any atom is 0.0453 e. The molecule has 0 amide bonds. The Morgan fingerprint density at radius 2 is 2.13 bits per heavy atom. The average Bonchev–Trinajstić information content (AvgIpc) is 2.88. The monoisotopic (exact) mass is 223 g/mol. The van der Waals surface area contributed by atoms with Gasteiger partial charge in [0.25, 0.3) is 0 Å². The van der Waals surface area contributed by atoms with Crippen molar-refractivity contribution in [2.24, 2.45) is 5.41 Å². The fourth-order valence-corrected chi connectivity index (χ4v) is 1.99. The normalized spacial score (nSPS) is 17.8. The molecule has 0 saturated heterocycles. The smallest absolute Gasteiger partial charge is 0.0453 e. The fraction of sp³-hybridized carbons (Fsp3) is 0.538. The second-order valence-electron chi connectivity index (χ2n) is 5.01. The second-order valence-corrected chi connectivity index (χ2v) is 5.42. The largest absolute Gasteiger partial charge is 0.312 e. The number of halogens is 1. The van der Waals surface area contributed by atoms with Gasteiger partial charge in [-0.05, 0) is 42.4 Å². The summed E-state index contributed by atoms with van der Waals surface area (Å²) in [5.74, 6) is 0. The molecule has 0 aliphatic heterocycles. The van der Waals surface area contributed by atoms with Crippen molar-refractivity contribution in [1.29, 1.82) is 0 Å². The number of benzene rings is 1. The summed E-state index contributed by atoms with van der Waals surface area (Å²) in [6.07, 6.45) is 2.73. The van der Waals surface area contributed by atoms with Crippen molar-refractivity contribution in [3.63, 3.8) is 0 Å². The molecule has 0 unspecified atom stereocenters. The molecule has 1 N–H and O–H groups in total. The summed E-state index contributed by atoms with van der Waals surface area (Å²) in [4.78, 5) is 0. The van der Waals surface area contributed by atoms with Crippen LogP contribution in [0.2, 0.25) is 5.02 Å². The third kappa shape index (κ3) is 2.96. The van der Waals surface area contributed by atoms with Gasteiger partial charge in [0.2, 0.25) is 0 Å². The summed E-state index contributed by atoms with van der Waals surface area (Å²) in [6.45, 7) is 6.39. The van der Waals surface area contributed by atoms with Crippen LogP contribution >= 0.6 is 11.6 Å². The van der Waals surface area contributed by atoms with Crippen LogP contribution in [0.1, 0.15) is 30.9 Å². The predicted molar refractivity (Wildman–Crippen MR) is 65.2 cm³/mol. The molecule has 0 spiro atoms. The Balaban J connectivity index is 1.87. The minimum absolute atomic E-state index is 0.567. The Hall–Kier alpha value is -0.530. The van der Waals surface area contributed by atoms with Crippen molar-refractivity contribution in [3.8, 4) is 0 Å². The number of aryl methyl sites for hydroxylation is 1. The molecule has 1 saturated carbocycles. The van der Waals surface area contributed by atoms with Gasteiger partial charge in [0.15, 0.2) is 0 Å². The molecule has 0 bridgehead atoms. The van der Waals surface area contributed by atoms with Crippen LogP contribution in [0.15, 0.2) is 18.2 Å². The van der Waals surface area contributed by atoms with Crippen molar-refractivity contribution in [2.75, 3.05) is 6.54 Å². The van der Waals surface area contributed by atoms with Gasteiger partial charge in [-0.15, -0.1) is 0 Å². The Morgan fingerprint density at radius 3 is 2.73 bits per heavy atom. The van der Waals surface area contributed by atoms with Gasteiger partial charge >= 0.3 is 0 Å². The lowest BCUT2D eigenvalue weighted by Gasteiger charge is -2.11. The standard InChI is InChI=1S/C13H18ClN/c1-10-3-4-11(12(14)7-10)8-15-9-13(2)5-6-13/h3-4,7,15H,5-6,8-9H2,1-2H3. The molecule has 1 aromatic rings. The fourth-order valence-electron chi connectivity index (χ4n) is 1.68. The topological polar surface area (TPSA) is 12.0 Å². The molecular weight excluding hydrogens is 206 g/mol. The van der Waals surface area contributed by atoms with E-state index in [1.807, 2.05) is 6.07 Å². The number of nitrogens with one attached hydrogen (secondary N) is 1. The van der Waals surface area contributed by atoms with Gasteiger partial charge in [0.1, 0.15) is 0 Å². The molecule has 1 aliphatic carbocycles. The SMILES string of the molecule is Cc1ccc(CNCC2(C)CC2)c(Cl)c1. The Labute approximate surface area is 96.8 Å². The lowest BCUT2D eigenvalue weighted by molar-refractivity contribution is 0.499. The highest BCUT2D eigenvalue weighted by Gasteiger charge is 2.36. The summed E-state index contributed by atoms with van der Waals surface area (Å²) >= 11 is 6.16. The Morgan fingerprint density at radius 1 is 1.40 bits per heavy atom. The van der Waals surface area contributed by atoms with Crippen molar-refractivity contribution >= 4 is 11.6 Å². The van der Waals surface area contributed by atoms with Crippen LogP contribution < -0.4 is 5.32 Å². The first-order valence-electron chi connectivity index (χ1n) is 5.55. The average molecular weight is 224 g/mol. The van der Waals surface area contributed by atoms with Crippen LogP contribution in [0.25, 0.3) is 0 Å². The van der Waals surface area contributed by atoms with Gasteiger partial charge < -0.3 is 5.32 Å². The van der Waals surface area contributed by atoms with Gasteiger partial charge in [0.05, 0.1) is 0 Å². The quantitative estimate of drug-likeness (QED) is 0.824. The van der Waals surface area contributed by atoms with Gasteiger partial charge in [-0.3, -0.25) is 0 Å². The van der Waals surface area contributed by atoms with E-state index in [0.717, 1.165) is 18.1 Å². The highest BCUT2D eigenvalue weighted by molar-refractivity contribution is 6.31. The summed E-state index contributed by atoms with van der Waals surface area (Å²) in [6, 6.07) is 6.25. The lowest BCUT2D eigenvalue weighted by Crippen LogP contribution is -2.21. The molecule has 1 fully saturated rings. The molecule has 1 nitrogen and oxygen atoms in total. The highest BCUT2D eigenvalue weighted by atomic mass is 35.5. The van der Waals surface area contributed by atoms with Crippen LogP contribution in [0.4, 0.5) is 0 Å². The van der Waals surface area contributed by atoms with Crippen molar-refractivity contribution < 1.29 is 0 Å². The van der Waals surface area contributed by atoms with Gasteiger partial charge in [-0.1, -0.05) is 30.7 Å². The number of hydrogen-bond donors (Lipinski definition) is 1. The van der Waals surface area contributed by atoms with Crippen molar-refractivity contribution in [3.05, 3.63) is 34.3 Å². The lowest BCUT2D eigenvalue weighted by atomic mass is 10.1. The van der Waals surface area contributed by atoms with Crippen LogP contribution in [0.3, 0.4) is 0 Å². The first kappa shape index (κ1) is 11.0. The maximum absolute atomic E-state index is 6.16. The Kier molecular flexibility index (Phi) is 3.03. The highest BCUT2D eigenvalue weighted by Crippen LogP contribution is 2.44. The zero-order chi connectivity index (χ0) is 10.9. The molecule has 0 radical (unpaired) electrons.